The van der Waals surface area contributed by atoms with Gasteiger partial charge in [-0.15, -0.1) is 0 Å². The van der Waals surface area contributed by atoms with E-state index in [1.165, 1.54) is 6.07 Å². The Kier molecular flexibility index (Phi) is 4.27. The number of aliphatic carboxylic acids is 1. The van der Waals surface area contributed by atoms with Crippen molar-refractivity contribution < 1.29 is 19.8 Å². The summed E-state index contributed by atoms with van der Waals surface area (Å²) in [5.41, 5.74) is 0.986. The Hall–Kier alpha value is -2.04. The average Bonchev–Trinajstić information content (AvgIpc) is 2.41. The maximum absolute atomic E-state index is 12.6. The smallest absolute Gasteiger partial charge is 0.305 e. The van der Waals surface area contributed by atoms with E-state index in [9.17, 15) is 14.7 Å². The average molecular weight is 277 g/mol. The van der Waals surface area contributed by atoms with Crippen LogP contribution in [0.15, 0.2) is 18.2 Å². The summed E-state index contributed by atoms with van der Waals surface area (Å²) >= 11 is 0. The second-order valence-corrected chi connectivity index (χ2v) is 5.20. The van der Waals surface area contributed by atoms with Gasteiger partial charge in [-0.2, -0.15) is 0 Å². The number of hydrogen-bond acceptors (Lipinski definition) is 3. The second kappa shape index (κ2) is 5.94. The topological polar surface area (TPSA) is 77.8 Å². The first-order valence-electron chi connectivity index (χ1n) is 6.82. The number of carboxylic acids is 1. The molecule has 5 nitrogen and oxygen atoms in total. The molecule has 0 saturated carbocycles. The minimum atomic E-state index is -0.887. The summed E-state index contributed by atoms with van der Waals surface area (Å²) in [5, 5.41) is 18.7. The van der Waals surface area contributed by atoms with Crippen LogP contribution in [0, 0.1) is 6.92 Å². The molecule has 0 aromatic heterocycles. The van der Waals surface area contributed by atoms with Crippen LogP contribution in [0.1, 0.15) is 41.6 Å². The summed E-state index contributed by atoms with van der Waals surface area (Å²) in [6.07, 6.45) is 2.53. The lowest BCUT2D eigenvalue weighted by Crippen LogP contribution is -2.45. The first-order valence-corrected chi connectivity index (χ1v) is 6.82. The first-order chi connectivity index (χ1) is 9.50. The van der Waals surface area contributed by atoms with Gasteiger partial charge in [-0.3, -0.25) is 9.59 Å². The lowest BCUT2D eigenvalue weighted by Gasteiger charge is -2.35. The highest BCUT2D eigenvalue weighted by Crippen LogP contribution is 2.26. The molecule has 20 heavy (non-hydrogen) atoms. The number of benzene rings is 1. The lowest BCUT2D eigenvalue weighted by atomic mass is 9.97. The standard InChI is InChI=1S/C15H19NO4/c1-10-12(6-4-7-13(10)17)15(20)16-8-3-2-5-11(16)9-14(18)19/h4,6-7,11,17H,2-3,5,8-9H2,1H3,(H,18,19). The Labute approximate surface area is 117 Å². The zero-order chi connectivity index (χ0) is 14.7. The van der Waals surface area contributed by atoms with Crippen LogP contribution in [0.3, 0.4) is 0 Å². The van der Waals surface area contributed by atoms with Crippen molar-refractivity contribution in [1.82, 2.24) is 4.90 Å². The van der Waals surface area contributed by atoms with Crippen LogP contribution in [0.4, 0.5) is 0 Å². The molecule has 1 aromatic rings. The minimum absolute atomic E-state index is 0.0242. The molecule has 0 bridgehead atoms. The molecule has 1 atom stereocenters. The number of amides is 1. The molecule has 0 radical (unpaired) electrons. The molecule has 108 valence electrons. The summed E-state index contributed by atoms with van der Waals surface area (Å²) in [7, 11) is 0. The number of phenolic OH excluding ortho intramolecular Hbond substituents is 1. The molecule has 2 N–H and O–H groups in total. The molecule has 1 aromatic carbocycles. The SMILES string of the molecule is Cc1c(O)cccc1C(=O)N1CCCCC1CC(=O)O. The monoisotopic (exact) mass is 277 g/mol. The van der Waals surface area contributed by atoms with E-state index in [0.717, 1.165) is 19.3 Å². The minimum Gasteiger partial charge on any atom is -0.508 e. The maximum Gasteiger partial charge on any atom is 0.305 e. The fraction of sp³-hybridized carbons (Fsp3) is 0.467. The quantitative estimate of drug-likeness (QED) is 0.887. The zero-order valence-corrected chi connectivity index (χ0v) is 11.5. The molecule has 1 aliphatic rings. The lowest BCUT2D eigenvalue weighted by molar-refractivity contribution is -0.138. The van der Waals surface area contributed by atoms with Crippen molar-refractivity contribution in [2.45, 2.75) is 38.6 Å². The number of hydrogen-bond donors (Lipinski definition) is 2. The van der Waals surface area contributed by atoms with Crippen molar-refractivity contribution >= 4 is 11.9 Å². The number of piperidine rings is 1. The highest BCUT2D eigenvalue weighted by Gasteiger charge is 2.29. The van der Waals surface area contributed by atoms with Crippen LogP contribution in [-0.2, 0) is 4.79 Å². The number of nitrogens with zero attached hydrogens (tertiary/aromatic N) is 1. The molecule has 0 spiro atoms. The van der Waals surface area contributed by atoms with E-state index in [4.69, 9.17) is 5.11 Å². The van der Waals surface area contributed by atoms with Crippen molar-refractivity contribution in [3.8, 4) is 5.75 Å². The van der Waals surface area contributed by atoms with Gasteiger partial charge in [0, 0.05) is 23.7 Å². The molecule has 2 rings (SSSR count). The van der Waals surface area contributed by atoms with E-state index < -0.39 is 5.97 Å². The molecule has 1 saturated heterocycles. The first kappa shape index (κ1) is 14.4. The van der Waals surface area contributed by atoms with E-state index in [0.29, 0.717) is 17.7 Å². The van der Waals surface area contributed by atoms with Gasteiger partial charge in [-0.1, -0.05) is 6.07 Å². The third kappa shape index (κ3) is 2.92. The van der Waals surface area contributed by atoms with Gasteiger partial charge in [-0.25, -0.2) is 0 Å². The van der Waals surface area contributed by atoms with Crippen LogP contribution in [0.2, 0.25) is 0 Å². The van der Waals surface area contributed by atoms with Gasteiger partial charge < -0.3 is 15.1 Å². The van der Waals surface area contributed by atoms with Crippen LogP contribution in [-0.4, -0.2) is 39.6 Å². The Morgan fingerprint density at radius 1 is 1.35 bits per heavy atom. The molecule has 1 fully saturated rings. The van der Waals surface area contributed by atoms with Gasteiger partial charge in [-0.05, 0) is 38.3 Å². The molecule has 0 aliphatic carbocycles. The number of carboxylic acid groups (broad SMARTS) is 1. The molecule has 1 unspecified atom stereocenters. The molecule has 1 aliphatic heterocycles. The van der Waals surface area contributed by atoms with Gasteiger partial charge in [0.05, 0.1) is 6.42 Å². The molecule has 1 heterocycles. The highest BCUT2D eigenvalue weighted by molar-refractivity contribution is 5.96. The van der Waals surface area contributed by atoms with Crippen LogP contribution < -0.4 is 0 Å². The highest BCUT2D eigenvalue weighted by atomic mass is 16.4. The Bertz CT molecular complexity index is 527. The third-order valence-electron chi connectivity index (χ3n) is 3.83. The van der Waals surface area contributed by atoms with Gasteiger partial charge >= 0.3 is 5.97 Å². The Morgan fingerprint density at radius 3 is 2.80 bits per heavy atom. The molecular formula is C15H19NO4. The molecule has 5 heteroatoms. The molecule has 1 amide bonds. The predicted molar refractivity (Wildman–Crippen MR) is 73.8 cm³/mol. The van der Waals surface area contributed by atoms with E-state index in [1.807, 2.05) is 0 Å². The van der Waals surface area contributed by atoms with Crippen molar-refractivity contribution in [2.75, 3.05) is 6.54 Å². The normalized spacial score (nSPS) is 18.9. The van der Waals surface area contributed by atoms with E-state index in [2.05, 4.69) is 0 Å². The van der Waals surface area contributed by atoms with E-state index in [1.54, 1.807) is 24.0 Å². The van der Waals surface area contributed by atoms with Crippen molar-refractivity contribution in [1.29, 1.82) is 0 Å². The zero-order valence-electron chi connectivity index (χ0n) is 11.5. The number of rotatable bonds is 3. The number of carbonyl (C=O) groups excluding carboxylic acids is 1. The summed E-state index contributed by atoms with van der Waals surface area (Å²) in [5.74, 6) is -0.991. The Balaban J connectivity index is 2.25. The van der Waals surface area contributed by atoms with Crippen LogP contribution >= 0.6 is 0 Å². The fourth-order valence-electron chi connectivity index (χ4n) is 2.69. The second-order valence-electron chi connectivity index (χ2n) is 5.20. The van der Waals surface area contributed by atoms with Gasteiger partial charge in [0.15, 0.2) is 0 Å². The van der Waals surface area contributed by atoms with E-state index >= 15 is 0 Å². The summed E-state index contributed by atoms with van der Waals surface area (Å²) in [6.45, 7) is 2.27. The number of aromatic hydroxyl groups is 1. The number of phenols is 1. The third-order valence-corrected chi connectivity index (χ3v) is 3.83. The van der Waals surface area contributed by atoms with Gasteiger partial charge in [0.1, 0.15) is 5.75 Å². The van der Waals surface area contributed by atoms with Crippen LogP contribution in [0.5, 0.6) is 5.75 Å². The Morgan fingerprint density at radius 2 is 2.10 bits per heavy atom. The van der Waals surface area contributed by atoms with Crippen molar-refractivity contribution in [2.24, 2.45) is 0 Å². The predicted octanol–water partition coefficient (Wildman–Crippen LogP) is 2.17. The largest absolute Gasteiger partial charge is 0.508 e. The summed E-state index contributed by atoms with van der Waals surface area (Å²) in [6, 6.07) is 4.59. The number of carbonyl (C=O) groups is 2. The summed E-state index contributed by atoms with van der Waals surface area (Å²) < 4.78 is 0. The van der Waals surface area contributed by atoms with Gasteiger partial charge in [0.2, 0.25) is 0 Å². The maximum atomic E-state index is 12.6. The van der Waals surface area contributed by atoms with Gasteiger partial charge in [0.25, 0.3) is 5.91 Å². The van der Waals surface area contributed by atoms with E-state index in [-0.39, 0.29) is 24.1 Å². The number of likely N-dealkylation sites (tertiary alicyclic amines) is 1. The fourth-order valence-corrected chi connectivity index (χ4v) is 2.69. The molecular weight excluding hydrogens is 258 g/mol. The van der Waals surface area contributed by atoms with Crippen LogP contribution in [0.25, 0.3) is 0 Å². The van der Waals surface area contributed by atoms with Crippen molar-refractivity contribution in [3.63, 3.8) is 0 Å². The van der Waals surface area contributed by atoms with Crippen molar-refractivity contribution in [3.05, 3.63) is 29.3 Å². The summed E-state index contributed by atoms with van der Waals surface area (Å²) in [4.78, 5) is 25.1.